The zero-order valence-corrected chi connectivity index (χ0v) is 24.9. The van der Waals surface area contributed by atoms with E-state index in [1.165, 1.54) is 0 Å². The van der Waals surface area contributed by atoms with Crippen molar-refractivity contribution in [2.24, 2.45) is 5.73 Å². The molecule has 1 unspecified atom stereocenters. The Morgan fingerprint density at radius 2 is 1.80 bits per heavy atom. The van der Waals surface area contributed by atoms with E-state index in [1.54, 1.807) is 43.5 Å². The number of benzene rings is 4. The normalized spacial score (nSPS) is 14.0. The van der Waals surface area contributed by atoms with E-state index < -0.39 is 11.9 Å². The van der Waals surface area contributed by atoms with Crippen LogP contribution in [0, 0.1) is 25.2 Å². The highest BCUT2D eigenvalue weighted by atomic mass is 35.5. The zero-order valence-electron chi connectivity index (χ0n) is 24.1. The molecule has 220 valence electrons. The lowest BCUT2D eigenvalue weighted by atomic mass is 9.83. The van der Waals surface area contributed by atoms with Gasteiger partial charge in [-0.05, 0) is 66.9 Å². The molecule has 0 radical (unpaired) electrons. The van der Waals surface area contributed by atoms with E-state index in [-0.39, 0.29) is 23.0 Å². The van der Waals surface area contributed by atoms with Gasteiger partial charge in [-0.25, -0.2) is 4.79 Å². The Hall–Kier alpha value is -5.39. The van der Waals surface area contributed by atoms with Gasteiger partial charge in [0.25, 0.3) is 0 Å². The summed E-state index contributed by atoms with van der Waals surface area (Å²) in [5.41, 5.74) is 11.1. The molecule has 1 aromatic heterocycles. The van der Waals surface area contributed by atoms with Crippen LogP contribution in [0.5, 0.6) is 23.0 Å². The second kappa shape index (κ2) is 11.7. The topological polar surface area (TPSA) is 117 Å². The van der Waals surface area contributed by atoms with Gasteiger partial charge in [-0.15, -0.1) is 0 Å². The van der Waals surface area contributed by atoms with Gasteiger partial charge in [0.1, 0.15) is 35.3 Å². The van der Waals surface area contributed by atoms with Gasteiger partial charge < -0.3 is 29.1 Å². The summed E-state index contributed by atoms with van der Waals surface area (Å²) in [6.45, 7) is 4.09. The number of hydrogen-bond donors (Lipinski definition) is 1. The van der Waals surface area contributed by atoms with Crippen LogP contribution in [0.2, 0.25) is 5.02 Å². The van der Waals surface area contributed by atoms with Crippen LogP contribution < -0.4 is 24.7 Å². The predicted molar refractivity (Wildman–Crippen MR) is 165 cm³/mol. The molecule has 5 aromatic rings. The van der Waals surface area contributed by atoms with E-state index in [0.717, 1.165) is 22.1 Å². The fraction of sp³-hybridized carbons (Fsp3) is 0.143. The fourth-order valence-corrected chi connectivity index (χ4v) is 5.37. The third-order valence-corrected chi connectivity index (χ3v) is 7.76. The van der Waals surface area contributed by atoms with Crippen molar-refractivity contribution in [2.75, 3.05) is 7.11 Å². The number of allylic oxidation sites excluding steroid dienone is 1. The van der Waals surface area contributed by atoms with Gasteiger partial charge >= 0.3 is 5.97 Å². The Labute approximate surface area is 258 Å². The summed E-state index contributed by atoms with van der Waals surface area (Å²) in [5.74, 6) is 0.501. The maximum Gasteiger partial charge on any atom is 0.379 e. The van der Waals surface area contributed by atoms with Gasteiger partial charge in [0.15, 0.2) is 11.5 Å². The van der Waals surface area contributed by atoms with Crippen LogP contribution in [0.15, 0.2) is 94.7 Å². The van der Waals surface area contributed by atoms with E-state index in [1.807, 2.05) is 56.3 Å². The van der Waals surface area contributed by atoms with Crippen molar-refractivity contribution in [3.05, 3.63) is 129 Å². The van der Waals surface area contributed by atoms with Gasteiger partial charge in [-0.3, -0.25) is 0 Å². The number of ether oxygens (including phenoxy) is 4. The van der Waals surface area contributed by atoms with Crippen molar-refractivity contribution in [1.82, 2.24) is 0 Å². The summed E-state index contributed by atoms with van der Waals surface area (Å²) in [7, 11) is 1.55. The predicted octanol–water partition coefficient (Wildman–Crippen LogP) is 7.73. The van der Waals surface area contributed by atoms with Crippen LogP contribution in [-0.4, -0.2) is 13.1 Å². The molecular formula is C35H27ClN2O6. The second-order valence-corrected chi connectivity index (χ2v) is 10.8. The first-order valence-electron chi connectivity index (χ1n) is 13.7. The SMILES string of the molecule is COc1cc(C2C(C#N)=C(N)Oc3cc(OC(=O)c4oc5cc(C)ccc5c4C)ccc32)ccc1OCc1ccc(Cl)cc1. The summed E-state index contributed by atoms with van der Waals surface area (Å²) < 4.78 is 29.0. The van der Waals surface area contributed by atoms with Crippen LogP contribution in [0.25, 0.3) is 11.0 Å². The average Bonchev–Trinajstić information content (AvgIpc) is 3.35. The molecule has 0 spiro atoms. The summed E-state index contributed by atoms with van der Waals surface area (Å²) >= 11 is 5.99. The molecule has 0 amide bonds. The van der Waals surface area contributed by atoms with Crippen LogP contribution in [0.4, 0.5) is 0 Å². The smallest absolute Gasteiger partial charge is 0.379 e. The molecule has 8 nitrogen and oxygen atoms in total. The highest BCUT2D eigenvalue weighted by Gasteiger charge is 2.32. The first-order valence-corrected chi connectivity index (χ1v) is 14.1. The number of nitrogens with two attached hydrogens (primary N) is 1. The lowest BCUT2D eigenvalue weighted by Gasteiger charge is -2.27. The number of halogens is 1. The molecule has 2 N–H and O–H groups in total. The third kappa shape index (κ3) is 5.41. The fourth-order valence-electron chi connectivity index (χ4n) is 5.25. The van der Waals surface area contributed by atoms with Gasteiger partial charge in [-0.1, -0.05) is 48.0 Å². The standard InChI is InChI=1S/C35H27ClN2O6/c1-19-4-11-25-20(2)33(43-29(25)14-19)35(39)42-24-10-12-26-30(16-24)44-34(38)27(17-37)32(26)22-7-13-28(31(15-22)40-3)41-18-21-5-8-23(36)9-6-21/h4-16,32H,18,38H2,1-3H3. The number of nitriles is 1. The molecule has 1 aliphatic heterocycles. The highest BCUT2D eigenvalue weighted by molar-refractivity contribution is 6.30. The summed E-state index contributed by atoms with van der Waals surface area (Å²) in [4.78, 5) is 13.1. The van der Waals surface area contributed by atoms with Gasteiger partial charge in [0.05, 0.1) is 13.0 Å². The van der Waals surface area contributed by atoms with Crippen molar-refractivity contribution in [1.29, 1.82) is 5.26 Å². The van der Waals surface area contributed by atoms with Crippen molar-refractivity contribution in [2.45, 2.75) is 26.4 Å². The van der Waals surface area contributed by atoms with E-state index >= 15 is 0 Å². The zero-order chi connectivity index (χ0) is 31.0. The summed E-state index contributed by atoms with van der Waals surface area (Å²) in [6.07, 6.45) is 0. The molecule has 0 aliphatic carbocycles. The highest BCUT2D eigenvalue weighted by Crippen LogP contribution is 2.45. The Kier molecular flexibility index (Phi) is 7.64. The van der Waals surface area contributed by atoms with Crippen LogP contribution in [0.3, 0.4) is 0 Å². The number of nitrogens with zero attached hydrogens (tertiary/aromatic N) is 1. The molecule has 1 aliphatic rings. The average molecular weight is 607 g/mol. The van der Waals surface area contributed by atoms with Gasteiger partial charge in [-0.2, -0.15) is 5.26 Å². The molecule has 4 aromatic carbocycles. The molecule has 44 heavy (non-hydrogen) atoms. The molecule has 0 saturated carbocycles. The monoisotopic (exact) mass is 606 g/mol. The molecular weight excluding hydrogens is 580 g/mol. The molecule has 0 fully saturated rings. The molecule has 9 heteroatoms. The Morgan fingerprint density at radius 3 is 2.55 bits per heavy atom. The largest absolute Gasteiger partial charge is 0.493 e. The number of fused-ring (bicyclic) bond motifs is 2. The van der Waals surface area contributed by atoms with Crippen LogP contribution in [0.1, 0.15) is 44.3 Å². The van der Waals surface area contributed by atoms with E-state index in [2.05, 4.69) is 6.07 Å². The van der Waals surface area contributed by atoms with E-state index in [0.29, 0.717) is 45.6 Å². The summed E-state index contributed by atoms with van der Waals surface area (Å²) in [5, 5.41) is 11.5. The minimum Gasteiger partial charge on any atom is -0.493 e. The summed E-state index contributed by atoms with van der Waals surface area (Å²) in [6, 6.07) is 25.7. The van der Waals surface area contributed by atoms with Crippen molar-refractivity contribution < 1.29 is 28.2 Å². The Morgan fingerprint density at radius 1 is 1.00 bits per heavy atom. The molecule has 6 rings (SSSR count). The maximum atomic E-state index is 13.1. The van der Waals surface area contributed by atoms with Crippen molar-refractivity contribution in [3.63, 3.8) is 0 Å². The van der Waals surface area contributed by atoms with Crippen molar-refractivity contribution in [3.8, 4) is 29.1 Å². The maximum absolute atomic E-state index is 13.1. The number of furan rings is 1. The first-order chi connectivity index (χ1) is 21.2. The number of carbonyl (C=O) groups excluding carboxylic acids is 1. The Bertz CT molecular complexity index is 1990. The number of hydrogen-bond acceptors (Lipinski definition) is 8. The molecule has 1 atom stereocenters. The third-order valence-electron chi connectivity index (χ3n) is 7.51. The number of esters is 1. The minimum atomic E-state index is -0.635. The van der Waals surface area contributed by atoms with Gasteiger partial charge in [0, 0.05) is 27.6 Å². The number of methoxy groups -OCH3 is 1. The van der Waals surface area contributed by atoms with Crippen molar-refractivity contribution >= 4 is 28.5 Å². The van der Waals surface area contributed by atoms with E-state index in [9.17, 15) is 10.1 Å². The molecule has 0 saturated heterocycles. The Balaban J connectivity index is 1.28. The van der Waals surface area contributed by atoms with Crippen LogP contribution in [-0.2, 0) is 6.61 Å². The number of rotatable bonds is 7. The lowest BCUT2D eigenvalue weighted by Crippen LogP contribution is -2.21. The van der Waals surface area contributed by atoms with Crippen LogP contribution >= 0.6 is 11.6 Å². The molecule has 2 heterocycles. The number of carbonyl (C=O) groups is 1. The molecule has 0 bridgehead atoms. The lowest BCUT2D eigenvalue weighted by molar-refractivity contribution is 0.0702. The van der Waals surface area contributed by atoms with E-state index in [4.69, 9.17) is 40.7 Å². The minimum absolute atomic E-state index is 0.0426. The second-order valence-electron chi connectivity index (χ2n) is 10.4. The van der Waals surface area contributed by atoms with Gasteiger partial charge in [0.2, 0.25) is 11.6 Å². The first kappa shape index (κ1) is 28.7. The quantitative estimate of drug-likeness (QED) is 0.148. The number of aryl methyl sites for hydroxylation is 2.